The molecule has 0 unspecified atom stereocenters. The van der Waals surface area contributed by atoms with Gasteiger partial charge < -0.3 is 4.42 Å². The molecule has 0 aliphatic carbocycles. The Bertz CT molecular complexity index is 1230. The van der Waals surface area contributed by atoms with Gasteiger partial charge in [-0.25, -0.2) is 4.98 Å². The predicted octanol–water partition coefficient (Wildman–Crippen LogP) is 8.09. The zero-order chi connectivity index (χ0) is 20.4. The number of hydrogen-bond donors (Lipinski definition) is 0. The molecule has 0 N–H and O–H groups in total. The Morgan fingerprint density at radius 2 is 1.66 bits per heavy atom. The summed E-state index contributed by atoms with van der Waals surface area (Å²) in [6, 6.07) is 18.4. The van der Waals surface area contributed by atoms with Crippen molar-refractivity contribution >= 4 is 57.8 Å². The largest absolute Gasteiger partial charge is 0.457 e. The molecule has 4 rings (SSSR count). The van der Waals surface area contributed by atoms with Gasteiger partial charge in [0.05, 0.1) is 11.3 Å². The molecule has 0 atom stereocenters. The van der Waals surface area contributed by atoms with Gasteiger partial charge in [0.2, 0.25) is 0 Å². The van der Waals surface area contributed by atoms with Gasteiger partial charge in [0.25, 0.3) is 0 Å². The third-order valence-electron chi connectivity index (χ3n) is 4.06. The average Bonchev–Trinajstić information content (AvgIpc) is 3.36. The van der Waals surface area contributed by atoms with Gasteiger partial charge >= 0.3 is 0 Å². The molecule has 0 saturated heterocycles. The Balaban J connectivity index is 1.63. The van der Waals surface area contributed by atoms with E-state index in [4.69, 9.17) is 39.2 Å². The normalized spacial score (nSPS) is 11.4. The van der Waals surface area contributed by atoms with Crippen molar-refractivity contribution in [1.29, 1.82) is 5.26 Å². The molecule has 0 aliphatic heterocycles. The molecular formula is C22H11Cl3N2OS. The van der Waals surface area contributed by atoms with Crippen LogP contribution in [-0.4, -0.2) is 4.98 Å². The number of thiazole rings is 1. The highest BCUT2D eigenvalue weighted by atomic mass is 35.5. The van der Waals surface area contributed by atoms with E-state index in [0.29, 0.717) is 37.2 Å². The summed E-state index contributed by atoms with van der Waals surface area (Å²) in [7, 11) is 0. The van der Waals surface area contributed by atoms with Gasteiger partial charge in [-0.2, -0.15) is 5.26 Å². The number of hydrogen-bond acceptors (Lipinski definition) is 4. The van der Waals surface area contributed by atoms with E-state index in [0.717, 1.165) is 16.8 Å². The third kappa shape index (κ3) is 4.55. The summed E-state index contributed by atoms with van der Waals surface area (Å²) in [5.74, 6) is 1.15. The van der Waals surface area contributed by atoms with Crippen LogP contribution in [0.1, 0.15) is 10.8 Å². The Labute approximate surface area is 186 Å². The molecule has 29 heavy (non-hydrogen) atoms. The van der Waals surface area contributed by atoms with Crippen molar-refractivity contribution in [2.75, 3.05) is 0 Å². The van der Waals surface area contributed by atoms with Crippen LogP contribution in [0.15, 0.2) is 64.4 Å². The lowest BCUT2D eigenvalue weighted by Crippen LogP contribution is -1.82. The second-order valence-electron chi connectivity index (χ2n) is 6.07. The van der Waals surface area contributed by atoms with Crippen LogP contribution in [0.5, 0.6) is 0 Å². The van der Waals surface area contributed by atoms with E-state index in [1.807, 2.05) is 35.7 Å². The molecule has 0 radical (unpaired) electrons. The first-order valence-electron chi connectivity index (χ1n) is 8.42. The van der Waals surface area contributed by atoms with Crippen molar-refractivity contribution in [3.63, 3.8) is 0 Å². The fraction of sp³-hybridized carbons (Fsp3) is 0. The number of benzene rings is 2. The molecule has 0 fully saturated rings. The van der Waals surface area contributed by atoms with Crippen LogP contribution in [0.3, 0.4) is 0 Å². The molecule has 7 heteroatoms. The van der Waals surface area contributed by atoms with Gasteiger partial charge in [-0.15, -0.1) is 11.3 Å². The summed E-state index contributed by atoms with van der Waals surface area (Å²) >= 11 is 19.5. The fourth-order valence-corrected chi connectivity index (χ4v) is 4.16. The van der Waals surface area contributed by atoms with E-state index in [1.54, 1.807) is 30.3 Å². The number of nitrogens with zero attached hydrogens (tertiary/aromatic N) is 2. The third-order valence-corrected chi connectivity index (χ3v) is 5.62. The maximum Gasteiger partial charge on any atom is 0.134 e. The summed E-state index contributed by atoms with van der Waals surface area (Å²) in [6.07, 6.45) is 1.67. The van der Waals surface area contributed by atoms with Gasteiger partial charge in [0, 0.05) is 37.7 Å². The van der Waals surface area contributed by atoms with Gasteiger partial charge in [-0.3, -0.25) is 0 Å². The Morgan fingerprint density at radius 3 is 2.34 bits per heavy atom. The molecule has 2 heterocycles. The minimum Gasteiger partial charge on any atom is -0.457 e. The van der Waals surface area contributed by atoms with Crippen molar-refractivity contribution in [3.8, 4) is 28.7 Å². The Kier molecular flexibility index (Phi) is 5.75. The number of allylic oxidation sites excluding steroid dienone is 1. The van der Waals surface area contributed by atoms with E-state index >= 15 is 0 Å². The monoisotopic (exact) mass is 456 g/mol. The molecule has 0 bridgehead atoms. The van der Waals surface area contributed by atoms with Gasteiger partial charge in [-0.1, -0.05) is 46.9 Å². The lowest BCUT2D eigenvalue weighted by Gasteiger charge is -1.99. The molecule has 0 saturated carbocycles. The first-order chi connectivity index (χ1) is 14.0. The first kappa shape index (κ1) is 19.8. The molecule has 3 nitrogen and oxygen atoms in total. The van der Waals surface area contributed by atoms with E-state index in [-0.39, 0.29) is 0 Å². The molecule has 0 amide bonds. The van der Waals surface area contributed by atoms with Crippen molar-refractivity contribution in [2.24, 2.45) is 0 Å². The van der Waals surface area contributed by atoms with Crippen molar-refractivity contribution in [2.45, 2.75) is 0 Å². The molecule has 4 aromatic rings. The highest BCUT2D eigenvalue weighted by Gasteiger charge is 2.11. The van der Waals surface area contributed by atoms with Gasteiger partial charge in [0.1, 0.15) is 22.6 Å². The molecule has 0 spiro atoms. The zero-order valence-corrected chi connectivity index (χ0v) is 17.8. The minimum absolute atomic E-state index is 0.417. The van der Waals surface area contributed by atoms with Crippen LogP contribution in [-0.2, 0) is 0 Å². The lowest BCUT2D eigenvalue weighted by molar-refractivity contribution is 0.572. The number of aromatic nitrogens is 1. The molecule has 142 valence electrons. The van der Waals surface area contributed by atoms with E-state index < -0.39 is 0 Å². The van der Waals surface area contributed by atoms with Crippen molar-refractivity contribution in [3.05, 3.63) is 85.8 Å². The Morgan fingerprint density at radius 1 is 0.931 bits per heavy atom. The number of halogens is 3. The fourth-order valence-electron chi connectivity index (χ4n) is 2.72. The van der Waals surface area contributed by atoms with E-state index in [9.17, 15) is 5.26 Å². The summed E-state index contributed by atoms with van der Waals surface area (Å²) in [6.45, 7) is 0. The average molecular weight is 458 g/mol. The smallest absolute Gasteiger partial charge is 0.134 e. The van der Waals surface area contributed by atoms with Crippen molar-refractivity contribution < 1.29 is 4.42 Å². The van der Waals surface area contributed by atoms with Crippen molar-refractivity contribution in [1.82, 2.24) is 4.98 Å². The van der Waals surface area contributed by atoms with Crippen LogP contribution in [0.4, 0.5) is 0 Å². The summed E-state index contributed by atoms with van der Waals surface area (Å²) < 4.78 is 5.86. The highest BCUT2D eigenvalue weighted by molar-refractivity contribution is 7.11. The van der Waals surface area contributed by atoms with E-state index in [1.165, 1.54) is 11.3 Å². The maximum atomic E-state index is 9.61. The number of nitriles is 1. The maximum absolute atomic E-state index is 9.61. The standard InChI is InChI=1S/C22H11Cl3N2OS/c23-16-3-1-13(2-4-16)20-12-29-22(27-20)15(11-26)9-19-5-6-21(28-19)14-7-17(24)10-18(25)8-14/h1-10,12H. The topological polar surface area (TPSA) is 49.8 Å². The number of furan rings is 1. The lowest BCUT2D eigenvalue weighted by atomic mass is 10.2. The van der Waals surface area contributed by atoms with Crippen LogP contribution in [0, 0.1) is 11.3 Å². The second-order valence-corrected chi connectivity index (χ2v) is 8.24. The quantitative estimate of drug-likeness (QED) is 0.291. The molecule has 2 aromatic carbocycles. The summed E-state index contributed by atoms with van der Waals surface area (Å²) in [5, 5.41) is 13.8. The van der Waals surface area contributed by atoms with Crippen LogP contribution in [0.2, 0.25) is 15.1 Å². The summed E-state index contributed by atoms with van der Waals surface area (Å²) in [5.41, 5.74) is 2.91. The molecular weight excluding hydrogens is 447 g/mol. The number of rotatable bonds is 4. The second kappa shape index (κ2) is 8.44. The summed E-state index contributed by atoms with van der Waals surface area (Å²) in [4.78, 5) is 4.57. The van der Waals surface area contributed by atoms with E-state index in [2.05, 4.69) is 11.1 Å². The molecule has 2 aromatic heterocycles. The highest BCUT2D eigenvalue weighted by Crippen LogP contribution is 2.31. The SMILES string of the molecule is N#CC(=Cc1ccc(-c2cc(Cl)cc(Cl)c2)o1)c1nc(-c2ccc(Cl)cc2)cs1. The zero-order valence-electron chi connectivity index (χ0n) is 14.7. The Hall–Kier alpha value is -2.55. The van der Waals surface area contributed by atoms with Gasteiger partial charge in [-0.05, 0) is 42.5 Å². The van der Waals surface area contributed by atoms with Gasteiger partial charge in [0.15, 0.2) is 0 Å². The predicted molar refractivity (Wildman–Crippen MR) is 120 cm³/mol. The molecule has 0 aliphatic rings. The minimum atomic E-state index is 0.417. The van der Waals surface area contributed by atoms with Crippen LogP contribution in [0.25, 0.3) is 34.2 Å². The van der Waals surface area contributed by atoms with Crippen LogP contribution < -0.4 is 0 Å². The van der Waals surface area contributed by atoms with Crippen LogP contribution >= 0.6 is 46.1 Å². The first-order valence-corrected chi connectivity index (χ1v) is 10.4.